The van der Waals surface area contributed by atoms with E-state index in [1.54, 1.807) is 0 Å². The molecule has 31 heavy (non-hydrogen) atoms. The first-order valence-electron chi connectivity index (χ1n) is 7.47. The smallest absolute Gasteiger partial charge is 0.384 e. The summed E-state index contributed by atoms with van der Waals surface area (Å²) >= 11 is 0. The number of amides is 1. The van der Waals surface area contributed by atoms with Gasteiger partial charge in [0, 0.05) is 12.1 Å². The van der Waals surface area contributed by atoms with Crippen molar-refractivity contribution in [3.05, 3.63) is 28.3 Å². The number of nitro benzene ring substituents is 1. The molecule has 1 fully saturated rings. The van der Waals surface area contributed by atoms with Crippen LogP contribution in [0.3, 0.4) is 0 Å². The highest BCUT2D eigenvalue weighted by Gasteiger charge is 3.02. The molecule has 0 bridgehead atoms. The SMILES string of the molecule is COc1ccc([N+](=O)[O-])cc1NC(=O)C1(F)C(F)(F)C(F)(F)C(F)(F)C(F)(F)C1(F)F. The van der Waals surface area contributed by atoms with E-state index in [1.807, 2.05) is 0 Å². The molecule has 17 heteroatoms. The van der Waals surface area contributed by atoms with E-state index < -0.39 is 63.2 Å². The zero-order chi connectivity index (χ0) is 24.4. The van der Waals surface area contributed by atoms with Crippen molar-refractivity contribution >= 4 is 17.3 Å². The highest BCUT2D eigenvalue weighted by Crippen LogP contribution is 2.69. The minimum Gasteiger partial charge on any atom is -0.495 e. The Bertz CT molecular complexity index is 905. The molecule has 1 aromatic rings. The third kappa shape index (κ3) is 2.67. The van der Waals surface area contributed by atoms with Crippen LogP contribution in [0.2, 0.25) is 0 Å². The van der Waals surface area contributed by atoms with Crippen LogP contribution in [-0.4, -0.2) is 53.2 Å². The number of carbonyl (C=O) groups excluding carboxylic acids is 1. The standard InChI is InChI=1S/C14H7F11N2O4/c1-31-7-3-2-5(27(29)30)4-6(7)26-8(28)9(15)10(16,17)12(20,21)14(24,25)13(22,23)11(9,18)19/h2-4H,1H3,(H,26,28). The van der Waals surface area contributed by atoms with Crippen LogP contribution in [0.15, 0.2) is 18.2 Å². The fraction of sp³-hybridized carbons (Fsp3) is 0.500. The highest BCUT2D eigenvalue weighted by atomic mass is 19.4. The number of hydrogen-bond acceptors (Lipinski definition) is 4. The number of halogens is 11. The van der Waals surface area contributed by atoms with Gasteiger partial charge < -0.3 is 10.1 Å². The van der Waals surface area contributed by atoms with Gasteiger partial charge in [0.1, 0.15) is 5.75 Å². The molecular weight excluding hydrogens is 469 g/mol. The lowest BCUT2D eigenvalue weighted by molar-refractivity contribution is -0.475. The average molecular weight is 476 g/mol. The van der Waals surface area contributed by atoms with E-state index in [-0.39, 0.29) is 6.07 Å². The second-order valence-corrected chi connectivity index (χ2v) is 6.13. The zero-order valence-electron chi connectivity index (χ0n) is 14.5. The van der Waals surface area contributed by atoms with E-state index in [0.29, 0.717) is 12.1 Å². The predicted molar refractivity (Wildman–Crippen MR) is 76.9 cm³/mol. The third-order valence-corrected chi connectivity index (χ3v) is 4.40. The van der Waals surface area contributed by atoms with Crippen LogP contribution in [0.5, 0.6) is 5.75 Å². The van der Waals surface area contributed by atoms with Crippen molar-refractivity contribution < 1.29 is 62.7 Å². The Hall–Kier alpha value is -2.88. The van der Waals surface area contributed by atoms with Gasteiger partial charge in [-0.15, -0.1) is 0 Å². The lowest BCUT2D eigenvalue weighted by atomic mass is 9.71. The number of nitro groups is 1. The molecule has 1 aromatic carbocycles. The lowest BCUT2D eigenvalue weighted by Gasteiger charge is -2.51. The molecule has 2 rings (SSSR count). The van der Waals surface area contributed by atoms with Gasteiger partial charge in [-0.3, -0.25) is 14.9 Å². The van der Waals surface area contributed by atoms with Gasteiger partial charge in [-0.1, -0.05) is 0 Å². The second-order valence-electron chi connectivity index (χ2n) is 6.13. The van der Waals surface area contributed by atoms with E-state index in [9.17, 15) is 63.2 Å². The number of rotatable bonds is 4. The minimum atomic E-state index is -7.48. The maximum atomic E-state index is 14.7. The Balaban J connectivity index is 2.72. The molecule has 0 unspecified atom stereocenters. The Kier molecular flexibility index (Phi) is 5.16. The molecule has 0 spiro atoms. The molecule has 1 aliphatic carbocycles. The van der Waals surface area contributed by atoms with Crippen LogP contribution in [0.1, 0.15) is 0 Å². The van der Waals surface area contributed by atoms with Crippen LogP contribution in [0, 0.1) is 10.1 Å². The number of hydrogen-bond donors (Lipinski definition) is 1. The van der Waals surface area contributed by atoms with E-state index in [4.69, 9.17) is 0 Å². The lowest BCUT2D eigenvalue weighted by Crippen LogP contribution is -2.86. The van der Waals surface area contributed by atoms with Crippen LogP contribution in [0.4, 0.5) is 59.7 Å². The fourth-order valence-electron chi connectivity index (χ4n) is 2.62. The molecule has 6 nitrogen and oxygen atoms in total. The molecule has 1 amide bonds. The van der Waals surface area contributed by atoms with Gasteiger partial charge in [0.05, 0.1) is 17.7 Å². The van der Waals surface area contributed by atoms with Crippen LogP contribution >= 0.6 is 0 Å². The van der Waals surface area contributed by atoms with Crippen molar-refractivity contribution in [3.8, 4) is 5.75 Å². The quantitative estimate of drug-likeness (QED) is 0.396. The number of anilines is 1. The number of benzene rings is 1. The molecule has 0 radical (unpaired) electrons. The predicted octanol–water partition coefficient (Wildman–Crippen LogP) is 4.44. The van der Waals surface area contributed by atoms with Crippen molar-refractivity contribution in [3.63, 3.8) is 0 Å². The van der Waals surface area contributed by atoms with Crippen LogP contribution in [0.25, 0.3) is 0 Å². The van der Waals surface area contributed by atoms with E-state index in [2.05, 4.69) is 4.74 Å². The first-order chi connectivity index (χ1) is 13.8. The summed E-state index contributed by atoms with van der Waals surface area (Å²) < 4.78 is 155. The van der Waals surface area contributed by atoms with Crippen LogP contribution < -0.4 is 10.1 Å². The molecular formula is C14H7F11N2O4. The molecule has 0 aliphatic heterocycles. The van der Waals surface area contributed by atoms with Crippen molar-refractivity contribution in [1.29, 1.82) is 0 Å². The molecule has 1 aliphatic rings. The molecule has 0 atom stereocenters. The van der Waals surface area contributed by atoms with Gasteiger partial charge in [-0.2, -0.15) is 43.9 Å². The van der Waals surface area contributed by atoms with Gasteiger partial charge in [0.25, 0.3) is 11.6 Å². The van der Waals surface area contributed by atoms with E-state index >= 15 is 0 Å². The summed E-state index contributed by atoms with van der Waals surface area (Å²) in [6.07, 6.45) is 0. The summed E-state index contributed by atoms with van der Waals surface area (Å²) in [5.74, 6) is -41.6. The zero-order valence-corrected chi connectivity index (χ0v) is 14.5. The van der Waals surface area contributed by atoms with Crippen molar-refractivity contribution in [2.75, 3.05) is 12.4 Å². The van der Waals surface area contributed by atoms with E-state index in [0.717, 1.165) is 12.4 Å². The Morgan fingerprint density at radius 1 is 0.871 bits per heavy atom. The molecule has 0 heterocycles. The second kappa shape index (κ2) is 6.56. The number of carbonyl (C=O) groups is 1. The third-order valence-electron chi connectivity index (χ3n) is 4.40. The minimum absolute atomic E-state index is 0.185. The van der Waals surface area contributed by atoms with Gasteiger partial charge in [0.2, 0.25) is 0 Å². The van der Waals surface area contributed by atoms with Gasteiger partial charge in [-0.25, -0.2) is 4.39 Å². The number of nitrogens with one attached hydrogen (secondary N) is 1. The van der Waals surface area contributed by atoms with E-state index in [1.165, 1.54) is 0 Å². The average Bonchev–Trinajstić information content (AvgIpc) is 2.65. The summed E-state index contributed by atoms with van der Waals surface area (Å²) in [5.41, 5.74) is -9.22. The maximum Gasteiger partial charge on any atom is 0.384 e. The first kappa shape index (κ1) is 24.4. The topological polar surface area (TPSA) is 81.5 Å². The van der Waals surface area contributed by atoms with Crippen LogP contribution in [-0.2, 0) is 4.79 Å². The van der Waals surface area contributed by atoms with Crippen molar-refractivity contribution in [2.45, 2.75) is 35.3 Å². The molecule has 1 saturated carbocycles. The summed E-state index contributed by atoms with van der Waals surface area (Å²) in [6, 6.07) is 1.43. The monoisotopic (exact) mass is 476 g/mol. The molecule has 1 N–H and O–H groups in total. The normalized spacial score (nSPS) is 24.1. The Morgan fingerprint density at radius 3 is 1.68 bits per heavy atom. The maximum absolute atomic E-state index is 14.7. The van der Waals surface area contributed by atoms with Gasteiger partial charge in [0.15, 0.2) is 0 Å². The number of non-ortho nitro benzene ring substituents is 1. The molecule has 0 aromatic heterocycles. The number of ether oxygens (including phenoxy) is 1. The Morgan fingerprint density at radius 2 is 1.29 bits per heavy atom. The summed E-state index contributed by atoms with van der Waals surface area (Å²) in [6.45, 7) is 0. The summed E-state index contributed by atoms with van der Waals surface area (Å²) in [7, 11) is 0.759. The number of alkyl halides is 11. The van der Waals surface area contributed by atoms with Gasteiger partial charge in [-0.05, 0) is 6.07 Å². The van der Waals surface area contributed by atoms with Crippen molar-refractivity contribution in [2.24, 2.45) is 0 Å². The fourth-order valence-corrected chi connectivity index (χ4v) is 2.62. The number of nitrogens with zero attached hydrogens (tertiary/aromatic N) is 1. The largest absolute Gasteiger partial charge is 0.495 e. The summed E-state index contributed by atoms with van der Waals surface area (Å²) in [5, 5.41) is 11.5. The molecule has 0 saturated heterocycles. The summed E-state index contributed by atoms with van der Waals surface area (Å²) in [4.78, 5) is 21.4. The number of methoxy groups -OCH3 is 1. The first-order valence-corrected chi connectivity index (χ1v) is 7.47. The molecule has 174 valence electrons. The van der Waals surface area contributed by atoms with Crippen molar-refractivity contribution in [1.82, 2.24) is 0 Å². The van der Waals surface area contributed by atoms with Gasteiger partial charge >= 0.3 is 35.3 Å². The highest BCUT2D eigenvalue weighted by molar-refractivity contribution is 6.01. The Labute approximate surface area is 163 Å².